The predicted octanol–water partition coefficient (Wildman–Crippen LogP) is 1.92. The van der Waals surface area contributed by atoms with Crippen molar-refractivity contribution in [2.75, 3.05) is 0 Å². The van der Waals surface area contributed by atoms with Gasteiger partial charge in [-0.1, -0.05) is 19.9 Å². The highest BCUT2D eigenvalue weighted by molar-refractivity contribution is 5.73. The average molecular weight is 154 g/mol. The third kappa shape index (κ3) is 1.44. The Morgan fingerprint density at radius 3 is 2.55 bits per heavy atom. The Morgan fingerprint density at radius 1 is 1.73 bits per heavy atom. The van der Waals surface area contributed by atoms with Crippen molar-refractivity contribution in [1.82, 2.24) is 0 Å². The zero-order valence-electron chi connectivity index (χ0n) is 7.00. The topological polar surface area (TPSA) is 37.3 Å². The molecule has 0 aromatic rings. The monoisotopic (exact) mass is 154 g/mol. The molecule has 0 aromatic carbocycles. The molecule has 0 radical (unpaired) electrons. The summed E-state index contributed by atoms with van der Waals surface area (Å²) in [7, 11) is 0. The van der Waals surface area contributed by atoms with Crippen LogP contribution < -0.4 is 0 Å². The highest BCUT2D eigenvalue weighted by Gasteiger charge is 2.50. The Kier molecular flexibility index (Phi) is 1.78. The predicted molar refractivity (Wildman–Crippen MR) is 43.2 cm³/mol. The van der Waals surface area contributed by atoms with Crippen LogP contribution in [0.3, 0.4) is 0 Å². The fourth-order valence-corrected chi connectivity index (χ4v) is 1.44. The molecule has 62 valence electrons. The molecule has 0 bridgehead atoms. The lowest BCUT2D eigenvalue weighted by molar-refractivity contribution is -0.139. The Labute approximate surface area is 66.9 Å². The van der Waals surface area contributed by atoms with Crippen molar-refractivity contribution in [1.29, 1.82) is 0 Å². The van der Waals surface area contributed by atoms with E-state index in [1.807, 2.05) is 19.9 Å². The van der Waals surface area contributed by atoms with E-state index in [0.717, 1.165) is 6.42 Å². The van der Waals surface area contributed by atoms with Gasteiger partial charge in [0.2, 0.25) is 0 Å². The maximum Gasteiger partial charge on any atom is 0.306 e. The van der Waals surface area contributed by atoms with E-state index in [1.165, 1.54) is 0 Å². The summed E-state index contributed by atoms with van der Waals surface area (Å²) in [6.45, 7) is 7.77. The van der Waals surface area contributed by atoms with Crippen molar-refractivity contribution in [3.05, 3.63) is 12.7 Å². The fraction of sp³-hybridized carbons (Fsp3) is 0.667. The van der Waals surface area contributed by atoms with Crippen LogP contribution in [-0.4, -0.2) is 11.1 Å². The Hall–Kier alpha value is -0.790. The third-order valence-corrected chi connectivity index (χ3v) is 2.59. The van der Waals surface area contributed by atoms with Crippen molar-refractivity contribution in [3.63, 3.8) is 0 Å². The van der Waals surface area contributed by atoms with Crippen LogP contribution in [0.2, 0.25) is 0 Å². The first-order valence-electron chi connectivity index (χ1n) is 3.85. The molecule has 2 atom stereocenters. The third-order valence-electron chi connectivity index (χ3n) is 2.59. The van der Waals surface area contributed by atoms with Gasteiger partial charge in [-0.3, -0.25) is 4.79 Å². The summed E-state index contributed by atoms with van der Waals surface area (Å²) in [5.74, 6) is -0.481. The molecule has 1 rings (SSSR count). The van der Waals surface area contributed by atoms with E-state index in [1.54, 1.807) is 0 Å². The number of allylic oxidation sites excluding steroid dienone is 1. The summed E-state index contributed by atoms with van der Waals surface area (Å²) in [4.78, 5) is 10.5. The molecule has 0 aromatic heterocycles. The Morgan fingerprint density at radius 2 is 2.27 bits per heavy atom. The van der Waals surface area contributed by atoms with Gasteiger partial charge in [0.1, 0.15) is 0 Å². The number of aliphatic carboxylic acids is 1. The summed E-state index contributed by atoms with van der Waals surface area (Å²) in [6.07, 6.45) is 2.66. The Bertz CT molecular complexity index is 194. The number of hydrogen-bond acceptors (Lipinski definition) is 1. The summed E-state index contributed by atoms with van der Waals surface area (Å²) in [6, 6.07) is 0. The molecule has 0 amide bonds. The van der Waals surface area contributed by atoms with Gasteiger partial charge in [0.25, 0.3) is 0 Å². The van der Waals surface area contributed by atoms with Gasteiger partial charge >= 0.3 is 5.97 Å². The first-order chi connectivity index (χ1) is 4.99. The molecule has 11 heavy (non-hydrogen) atoms. The zero-order valence-corrected chi connectivity index (χ0v) is 7.00. The minimum absolute atomic E-state index is 0.0109. The lowest BCUT2D eigenvalue weighted by Gasteiger charge is -2.18. The second kappa shape index (κ2) is 2.36. The second-order valence-electron chi connectivity index (χ2n) is 3.81. The zero-order chi connectivity index (χ0) is 8.65. The summed E-state index contributed by atoms with van der Waals surface area (Å²) >= 11 is 0. The molecule has 2 unspecified atom stereocenters. The van der Waals surface area contributed by atoms with Crippen LogP contribution in [0.15, 0.2) is 12.7 Å². The first-order valence-corrected chi connectivity index (χ1v) is 3.85. The normalized spacial score (nSPS) is 29.6. The summed E-state index contributed by atoms with van der Waals surface area (Å²) < 4.78 is 0. The maximum absolute atomic E-state index is 10.5. The lowest BCUT2D eigenvalue weighted by atomic mass is 9.86. The molecular weight excluding hydrogens is 140 g/mol. The van der Waals surface area contributed by atoms with E-state index in [-0.39, 0.29) is 11.3 Å². The van der Waals surface area contributed by atoms with E-state index in [2.05, 4.69) is 6.58 Å². The number of carbonyl (C=O) groups is 1. The molecule has 1 fully saturated rings. The first kappa shape index (κ1) is 8.31. The van der Waals surface area contributed by atoms with Gasteiger partial charge in [-0.2, -0.15) is 0 Å². The van der Waals surface area contributed by atoms with Crippen LogP contribution in [0.4, 0.5) is 0 Å². The van der Waals surface area contributed by atoms with Crippen molar-refractivity contribution < 1.29 is 9.90 Å². The van der Waals surface area contributed by atoms with Crippen molar-refractivity contribution in [3.8, 4) is 0 Å². The molecule has 0 heterocycles. The van der Waals surface area contributed by atoms with Crippen LogP contribution in [0, 0.1) is 17.3 Å². The van der Waals surface area contributed by atoms with Crippen LogP contribution in [0.1, 0.15) is 20.3 Å². The molecule has 1 aliphatic rings. The minimum Gasteiger partial charge on any atom is -0.481 e. The maximum atomic E-state index is 10.5. The van der Waals surface area contributed by atoms with Crippen molar-refractivity contribution in [2.45, 2.75) is 20.3 Å². The molecule has 1 saturated carbocycles. The standard InChI is InChI=1S/C9H14O2/c1-4-9(2,3)7-5-6(7)8(10)11/h4,6-7H,1,5H2,2-3H3,(H,10,11). The van der Waals surface area contributed by atoms with Gasteiger partial charge in [-0.05, 0) is 17.8 Å². The number of carboxylic acid groups (broad SMARTS) is 1. The molecule has 0 saturated heterocycles. The van der Waals surface area contributed by atoms with E-state index in [4.69, 9.17) is 5.11 Å². The smallest absolute Gasteiger partial charge is 0.306 e. The second-order valence-corrected chi connectivity index (χ2v) is 3.81. The van der Waals surface area contributed by atoms with Gasteiger partial charge in [0.05, 0.1) is 5.92 Å². The van der Waals surface area contributed by atoms with Crippen molar-refractivity contribution >= 4 is 5.97 Å². The highest BCUT2D eigenvalue weighted by atomic mass is 16.4. The van der Waals surface area contributed by atoms with Gasteiger partial charge in [-0.15, -0.1) is 6.58 Å². The molecule has 2 heteroatoms. The van der Waals surface area contributed by atoms with Crippen LogP contribution >= 0.6 is 0 Å². The number of hydrogen-bond donors (Lipinski definition) is 1. The largest absolute Gasteiger partial charge is 0.481 e. The van der Waals surface area contributed by atoms with Gasteiger partial charge in [-0.25, -0.2) is 0 Å². The summed E-state index contributed by atoms with van der Waals surface area (Å²) in [5, 5.41) is 8.65. The average Bonchev–Trinajstić information content (AvgIpc) is 2.65. The van der Waals surface area contributed by atoms with E-state index in [9.17, 15) is 4.79 Å². The van der Waals surface area contributed by atoms with E-state index in [0.29, 0.717) is 5.92 Å². The van der Waals surface area contributed by atoms with E-state index < -0.39 is 5.97 Å². The van der Waals surface area contributed by atoms with Crippen molar-refractivity contribution in [2.24, 2.45) is 17.3 Å². The molecular formula is C9H14O2. The molecule has 0 spiro atoms. The van der Waals surface area contributed by atoms with Gasteiger partial charge in [0, 0.05) is 0 Å². The Balaban J connectivity index is 2.56. The summed E-state index contributed by atoms with van der Waals surface area (Å²) in [5.41, 5.74) is -0.0109. The van der Waals surface area contributed by atoms with Crippen LogP contribution in [-0.2, 0) is 4.79 Å². The number of rotatable bonds is 3. The van der Waals surface area contributed by atoms with Crippen LogP contribution in [0.5, 0.6) is 0 Å². The molecule has 2 nitrogen and oxygen atoms in total. The number of carboxylic acids is 1. The molecule has 1 aliphatic carbocycles. The fourth-order valence-electron chi connectivity index (χ4n) is 1.44. The molecule has 1 N–H and O–H groups in total. The van der Waals surface area contributed by atoms with Gasteiger partial charge in [0.15, 0.2) is 0 Å². The highest BCUT2D eigenvalue weighted by Crippen LogP contribution is 2.51. The minimum atomic E-state index is -0.662. The lowest BCUT2D eigenvalue weighted by Crippen LogP contribution is -2.14. The quantitative estimate of drug-likeness (QED) is 0.630. The van der Waals surface area contributed by atoms with E-state index >= 15 is 0 Å². The molecule has 0 aliphatic heterocycles. The van der Waals surface area contributed by atoms with Crippen LogP contribution in [0.25, 0.3) is 0 Å². The van der Waals surface area contributed by atoms with Gasteiger partial charge < -0.3 is 5.11 Å². The SMILES string of the molecule is C=CC(C)(C)C1CC1C(=O)O.